The quantitative estimate of drug-likeness (QED) is 0.652. The minimum atomic E-state index is 0.607. The number of hydrogen-bond acceptors (Lipinski definition) is 3. The molecule has 0 atom stereocenters. The predicted molar refractivity (Wildman–Crippen MR) is 87.1 cm³/mol. The predicted octanol–water partition coefficient (Wildman–Crippen LogP) is 3.57. The molecule has 0 aliphatic heterocycles. The molecule has 4 nitrogen and oxygen atoms in total. The fourth-order valence-electron chi connectivity index (χ4n) is 2.55. The number of nitrogens with zero attached hydrogens (tertiary/aromatic N) is 2. The fourth-order valence-corrected chi connectivity index (χ4v) is 2.55. The lowest BCUT2D eigenvalue weighted by molar-refractivity contribution is 0.113. The van der Waals surface area contributed by atoms with Gasteiger partial charge in [0, 0.05) is 6.54 Å². The SMILES string of the molecule is COc1ccc(COCCn2c(C)nc3ccccc32)cc1. The van der Waals surface area contributed by atoms with Gasteiger partial charge in [0.2, 0.25) is 0 Å². The third kappa shape index (κ3) is 3.12. The van der Waals surface area contributed by atoms with Crippen LogP contribution in [0.15, 0.2) is 48.5 Å². The van der Waals surface area contributed by atoms with Crippen LogP contribution in [0.5, 0.6) is 5.75 Å². The molecule has 0 radical (unpaired) electrons. The molecule has 0 bridgehead atoms. The maximum Gasteiger partial charge on any atom is 0.118 e. The van der Waals surface area contributed by atoms with Crippen molar-refractivity contribution in [2.45, 2.75) is 20.1 Å². The number of hydrogen-bond donors (Lipinski definition) is 0. The molecule has 0 aliphatic rings. The van der Waals surface area contributed by atoms with E-state index in [9.17, 15) is 0 Å². The van der Waals surface area contributed by atoms with Crippen LogP contribution in [-0.4, -0.2) is 23.3 Å². The van der Waals surface area contributed by atoms with Crippen molar-refractivity contribution in [1.29, 1.82) is 0 Å². The summed E-state index contributed by atoms with van der Waals surface area (Å²) >= 11 is 0. The van der Waals surface area contributed by atoms with Crippen LogP contribution in [0.4, 0.5) is 0 Å². The molecule has 22 heavy (non-hydrogen) atoms. The summed E-state index contributed by atoms with van der Waals surface area (Å²) in [5, 5.41) is 0. The normalized spacial score (nSPS) is 11.0. The van der Waals surface area contributed by atoms with E-state index in [1.807, 2.05) is 49.4 Å². The van der Waals surface area contributed by atoms with Gasteiger partial charge in [-0.25, -0.2) is 4.98 Å². The molecule has 0 fully saturated rings. The summed E-state index contributed by atoms with van der Waals surface area (Å²) in [6.45, 7) is 4.11. The highest BCUT2D eigenvalue weighted by Crippen LogP contribution is 2.15. The van der Waals surface area contributed by atoms with Gasteiger partial charge < -0.3 is 14.0 Å². The van der Waals surface area contributed by atoms with Gasteiger partial charge in [0.1, 0.15) is 11.6 Å². The van der Waals surface area contributed by atoms with Crippen LogP contribution >= 0.6 is 0 Å². The lowest BCUT2D eigenvalue weighted by Gasteiger charge is -2.08. The molecule has 0 spiro atoms. The molecule has 1 aromatic heterocycles. The number of imidazole rings is 1. The molecule has 0 amide bonds. The summed E-state index contributed by atoms with van der Waals surface area (Å²) < 4.78 is 13.1. The topological polar surface area (TPSA) is 36.3 Å². The Kier molecular flexibility index (Phi) is 4.39. The van der Waals surface area contributed by atoms with E-state index in [0.717, 1.165) is 34.7 Å². The summed E-state index contributed by atoms with van der Waals surface area (Å²) in [5.74, 6) is 1.89. The highest BCUT2D eigenvalue weighted by atomic mass is 16.5. The van der Waals surface area contributed by atoms with Crippen LogP contribution in [-0.2, 0) is 17.9 Å². The zero-order valence-electron chi connectivity index (χ0n) is 13.0. The minimum Gasteiger partial charge on any atom is -0.497 e. The molecule has 114 valence electrons. The van der Waals surface area contributed by atoms with Crippen LogP contribution in [0.2, 0.25) is 0 Å². The number of para-hydroxylation sites is 2. The minimum absolute atomic E-state index is 0.607. The molecule has 4 heteroatoms. The molecule has 0 saturated carbocycles. The maximum absolute atomic E-state index is 5.78. The van der Waals surface area contributed by atoms with E-state index in [1.54, 1.807) is 7.11 Å². The van der Waals surface area contributed by atoms with Gasteiger partial charge in [0.15, 0.2) is 0 Å². The first-order valence-electron chi connectivity index (χ1n) is 7.40. The van der Waals surface area contributed by atoms with Gasteiger partial charge in [0.25, 0.3) is 0 Å². The van der Waals surface area contributed by atoms with Gasteiger partial charge >= 0.3 is 0 Å². The van der Waals surface area contributed by atoms with Gasteiger partial charge in [-0.15, -0.1) is 0 Å². The molecular formula is C18H20N2O2. The van der Waals surface area contributed by atoms with E-state index in [0.29, 0.717) is 13.2 Å². The molecule has 0 N–H and O–H groups in total. The summed E-state index contributed by atoms with van der Waals surface area (Å²) in [4.78, 5) is 4.56. The Morgan fingerprint density at radius 3 is 2.59 bits per heavy atom. The Morgan fingerprint density at radius 2 is 1.82 bits per heavy atom. The molecule has 3 aromatic rings. The van der Waals surface area contributed by atoms with Crippen molar-refractivity contribution in [2.75, 3.05) is 13.7 Å². The molecule has 1 heterocycles. The highest BCUT2D eigenvalue weighted by Gasteiger charge is 2.06. The molecular weight excluding hydrogens is 276 g/mol. The van der Waals surface area contributed by atoms with Crippen LogP contribution in [0.3, 0.4) is 0 Å². The first-order valence-corrected chi connectivity index (χ1v) is 7.40. The second kappa shape index (κ2) is 6.62. The van der Waals surface area contributed by atoms with Crippen molar-refractivity contribution in [3.8, 4) is 5.75 Å². The van der Waals surface area contributed by atoms with Crippen LogP contribution in [0.25, 0.3) is 11.0 Å². The van der Waals surface area contributed by atoms with E-state index in [-0.39, 0.29) is 0 Å². The Labute approximate surface area is 130 Å². The molecule has 0 unspecified atom stereocenters. The van der Waals surface area contributed by atoms with Crippen LogP contribution in [0.1, 0.15) is 11.4 Å². The number of aromatic nitrogens is 2. The number of benzene rings is 2. The van der Waals surface area contributed by atoms with Crippen molar-refractivity contribution in [2.24, 2.45) is 0 Å². The number of ether oxygens (including phenoxy) is 2. The fraction of sp³-hybridized carbons (Fsp3) is 0.278. The standard InChI is InChI=1S/C18H20N2O2/c1-14-19-17-5-3-4-6-18(17)20(14)11-12-22-13-15-7-9-16(21-2)10-8-15/h3-10H,11-13H2,1-2H3. The first-order chi connectivity index (χ1) is 10.8. The highest BCUT2D eigenvalue weighted by molar-refractivity contribution is 5.75. The molecule has 0 aliphatic carbocycles. The van der Waals surface area contributed by atoms with Gasteiger partial charge in [-0.05, 0) is 36.8 Å². The van der Waals surface area contributed by atoms with Gasteiger partial charge in [0.05, 0.1) is 31.4 Å². The summed E-state index contributed by atoms with van der Waals surface area (Å²) in [5.41, 5.74) is 3.34. The zero-order valence-corrected chi connectivity index (χ0v) is 13.0. The third-order valence-corrected chi connectivity index (χ3v) is 3.73. The number of fused-ring (bicyclic) bond motifs is 1. The smallest absolute Gasteiger partial charge is 0.118 e. The summed E-state index contributed by atoms with van der Waals surface area (Å²) in [6.07, 6.45) is 0. The number of rotatable bonds is 6. The molecule has 3 rings (SSSR count). The first kappa shape index (κ1) is 14.6. The van der Waals surface area contributed by atoms with Crippen molar-refractivity contribution in [3.05, 3.63) is 59.9 Å². The van der Waals surface area contributed by atoms with Crippen molar-refractivity contribution >= 4 is 11.0 Å². The Morgan fingerprint density at radius 1 is 1.05 bits per heavy atom. The third-order valence-electron chi connectivity index (χ3n) is 3.73. The van der Waals surface area contributed by atoms with E-state index < -0.39 is 0 Å². The molecule has 0 saturated heterocycles. The lowest BCUT2D eigenvalue weighted by Crippen LogP contribution is -2.07. The average molecular weight is 296 g/mol. The second-order valence-electron chi connectivity index (χ2n) is 5.20. The van der Waals surface area contributed by atoms with Gasteiger partial charge in [-0.3, -0.25) is 0 Å². The second-order valence-corrected chi connectivity index (χ2v) is 5.20. The van der Waals surface area contributed by atoms with E-state index in [1.165, 1.54) is 0 Å². The monoisotopic (exact) mass is 296 g/mol. The number of methoxy groups -OCH3 is 1. The summed E-state index contributed by atoms with van der Waals surface area (Å²) in [7, 11) is 1.67. The largest absolute Gasteiger partial charge is 0.497 e. The van der Waals surface area contributed by atoms with Crippen molar-refractivity contribution < 1.29 is 9.47 Å². The van der Waals surface area contributed by atoms with Gasteiger partial charge in [-0.1, -0.05) is 24.3 Å². The molecule has 2 aromatic carbocycles. The summed E-state index contributed by atoms with van der Waals surface area (Å²) in [6, 6.07) is 16.1. The van der Waals surface area contributed by atoms with E-state index in [4.69, 9.17) is 9.47 Å². The van der Waals surface area contributed by atoms with Gasteiger partial charge in [-0.2, -0.15) is 0 Å². The maximum atomic E-state index is 5.78. The van der Waals surface area contributed by atoms with Crippen molar-refractivity contribution in [1.82, 2.24) is 9.55 Å². The lowest BCUT2D eigenvalue weighted by atomic mass is 10.2. The van der Waals surface area contributed by atoms with Crippen molar-refractivity contribution in [3.63, 3.8) is 0 Å². The number of aryl methyl sites for hydroxylation is 1. The Bertz CT molecular complexity index is 747. The van der Waals surface area contributed by atoms with Crippen LogP contribution in [0, 0.1) is 6.92 Å². The average Bonchev–Trinajstić information content (AvgIpc) is 2.88. The van der Waals surface area contributed by atoms with E-state index in [2.05, 4.69) is 15.6 Å². The van der Waals surface area contributed by atoms with E-state index >= 15 is 0 Å². The Balaban J connectivity index is 1.57. The Hall–Kier alpha value is -2.33. The van der Waals surface area contributed by atoms with Crippen LogP contribution < -0.4 is 4.74 Å². The zero-order chi connectivity index (χ0) is 15.4.